The Hall–Kier alpha value is -0.110. The molecule has 0 aromatic rings. The van der Waals surface area contributed by atoms with E-state index < -0.39 is 6.36 Å². The van der Waals surface area contributed by atoms with Crippen LogP contribution in [0.15, 0.2) is 0 Å². The van der Waals surface area contributed by atoms with Gasteiger partial charge in [0.05, 0.1) is 6.61 Å². The van der Waals surface area contributed by atoms with Crippen LogP contribution in [0, 0.1) is 0 Å². The molecule has 0 amide bonds. The second kappa shape index (κ2) is 9.97. The largest absolute Gasteiger partial charge is 0.348 e. The number of unbranched alkanes of at least 4 members (excludes halogenated alkanes) is 4. The van der Waals surface area contributed by atoms with E-state index in [1.165, 1.54) is 25.7 Å². The van der Waals surface area contributed by atoms with Gasteiger partial charge in [0.15, 0.2) is 6.36 Å². The summed E-state index contributed by atoms with van der Waals surface area (Å²) in [4.78, 5) is 0. The number of halogens is 1. The summed E-state index contributed by atoms with van der Waals surface area (Å²) in [6.07, 6.45) is 6.33. The molecule has 2 heteroatoms. The molecule has 0 fully saturated rings. The Kier molecular flexibility index (Phi) is 9.89. The minimum Gasteiger partial charge on any atom is -0.348 e. The second-order valence-corrected chi connectivity index (χ2v) is 3.48. The quantitative estimate of drug-likeness (QED) is 0.498. The summed E-state index contributed by atoms with van der Waals surface area (Å²) in [5.41, 5.74) is 0. The van der Waals surface area contributed by atoms with Crippen molar-refractivity contribution in [1.82, 2.24) is 0 Å². The maximum Gasteiger partial charge on any atom is 0.198 e. The molecule has 0 radical (unpaired) electrons. The highest BCUT2D eigenvalue weighted by Gasteiger charge is 2.02. The number of hydrogen-bond acceptors (Lipinski definition) is 1. The zero-order chi connectivity index (χ0) is 9.94. The highest BCUT2D eigenvalue weighted by Crippen LogP contribution is 2.06. The fourth-order valence-electron chi connectivity index (χ4n) is 1.23. The minimum absolute atomic E-state index is 0.537. The Bertz CT molecular complexity index is 96.1. The zero-order valence-corrected chi connectivity index (χ0v) is 9.02. The van der Waals surface area contributed by atoms with Gasteiger partial charge in [-0.3, -0.25) is 0 Å². The summed E-state index contributed by atoms with van der Waals surface area (Å²) in [5.74, 6) is 0. The molecule has 0 aliphatic heterocycles. The van der Waals surface area contributed by atoms with Crippen LogP contribution in [0.1, 0.15) is 58.8 Å². The first kappa shape index (κ1) is 12.9. The molecule has 0 aromatic heterocycles. The van der Waals surface area contributed by atoms with E-state index in [1.807, 2.05) is 6.92 Å². The lowest BCUT2D eigenvalue weighted by Crippen LogP contribution is -2.06. The number of rotatable bonds is 9. The molecule has 1 nitrogen and oxygen atoms in total. The van der Waals surface area contributed by atoms with Crippen LogP contribution in [0.25, 0.3) is 0 Å². The van der Waals surface area contributed by atoms with Crippen LogP contribution in [0.2, 0.25) is 0 Å². The van der Waals surface area contributed by atoms with E-state index in [2.05, 4.69) is 6.92 Å². The van der Waals surface area contributed by atoms with E-state index in [4.69, 9.17) is 4.74 Å². The van der Waals surface area contributed by atoms with Gasteiger partial charge in [-0.1, -0.05) is 46.0 Å². The lowest BCUT2D eigenvalue weighted by molar-refractivity contribution is -0.0449. The molecule has 0 spiro atoms. The fourth-order valence-corrected chi connectivity index (χ4v) is 1.23. The molecule has 0 aliphatic rings. The first-order valence-corrected chi connectivity index (χ1v) is 5.57. The Morgan fingerprint density at radius 3 is 2.31 bits per heavy atom. The molecule has 80 valence electrons. The Labute approximate surface area is 81.7 Å². The minimum atomic E-state index is -1.03. The molecule has 0 heterocycles. The van der Waals surface area contributed by atoms with Crippen LogP contribution in [-0.2, 0) is 4.74 Å². The molecule has 13 heavy (non-hydrogen) atoms. The molecule has 0 aromatic carbocycles. The molecule has 0 saturated heterocycles. The average Bonchev–Trinajstić information content (AvgIpc) is 2.11. The maximum atomic E-state index is 12.8. The van der Waals surface area contributed by atoms with Gasteiger partial charge in [-0.2, -0.15) is 0 Å². The first-order chi connectivity index (χ1) is 6.31. The summed E-state index contributed by atoms with van der Waals surface area (Å²) in [6, 6.07) is 0. The van der Waals surface area contributed by atoms with Crippen molar-refractivity contribution in [2.45, 2.75) is 65.2 Å². The monoisotopic (exact) mass is 190 g/mol. The normalized spacial score (nSPS) is 13.2. The van der Waals surface area contributed by atoms with Crippen molar-refractivity contribution < 1.29 is 9.13 Å². The summed E-state index contributed by atoms with van der Waals surface area (Å²) >= 11 is 0. The Morgan fingerprint density at radius 2 is 1.69 bits per heavy atom. The van der Waals surface area contributed by atoms with E-state index in [-0.39, 0.29) is 0 Å². The van der Waals surface area contributed by atoms with Crippen LogP contribution in [-0.4, -0.2) is 13.0 Å². The van der Waals surface area contributed by atoms with E-state index in [0.29, 0.717) is 13.0 Å². The predicted octanol–water partition coefficient (Wildman–Crippen LogP) is 4.07. The third-order valence-electron chi connectivity index (χ3n) is 2.06. The molecular weight excluding hydrogens is 167 g/mol. The van der Waals surface area contributed by atoms with Gasteiger partial charge in [0.25, 0.3) is 0 Å². The van der Waals surface area contributed by atoms with Gasteiger partial charge >= 0.3 is 0 Å². The van der Waals surface area contributed by atoms with E-state index >= 15 is 0 Å². The van der Waals surface area contributed by atoms with Crippen LogP contribution in [0.4, 0.5) is 4.39 Å². The number of ether oxygens (including phenoxy) is 1. The van der Waals surface area contributed by atoms with Crippen molar-refractivity contribution in [3.63, 3.8) is 0 Å². The zero-order valence-electron chi connectivity index (χ0n) is 9.02. The Morgan fingerprint density at radius 1 is 1.00 bits per heavy atom. The third-order valence-corrected chi connectivity index (χ3v) is 2.06. The van der Waals surface area contributed by atoms with Gasteiger partial charge < -0.3 is 4.74 Å². The summed E-state index contributed by atoms with van der Waals surface area (Å²) < 4.78 is 17.8. The highest BCUT2D eigenvalue weighted by molar-refractivity contribution is 4.44. The maximum absolute atomic E-state index is 12.8. The predicted molar refractivity (Wildman–Crippen MR) is 54.5 cm³/mol. The van der Waals surface area contributed by atoms with Crippen molar-refractivity contribution >= 4 is 0 Å². The van der Waals surface area contributed by atoms with Crippen molar-refractivity contribution in [3.8, 4) is 0 Å². The summed E-state index contributed by atoms with van der Waals surface area (Å²) in [5, 5.41) is 0. The van der Waals surface area contributed by atoms with Gasteiger partial charge in [0.2, 0.25) is 0 Å². The van der Waals surface area contributed by atoms with Crippen LogP contribution in [0.3, 0.4) is 0 Å². The van der Waals surface area contributed by atoms with Crippen molar-refractivity contribution in [1.29, 1.82) is 0 Å². The molecule has 1 unspecified atom stereocenters. The molecule has 1 atom stereocenters. The van der Waals surface area contributed by atoms with E-state index in [1.54, 1.807) is 0 Å². The van der Waals surface area contributed by atoms with Crippen molar-refractivity contribution in [3.05, 3.63) is 0 Å². The number of alkyl halides is 1. The molecule has 0 saturated carbocycles. The van der Waals surface area contributed by atoms with Crippen molar-refractivity contribution in [2.75, 3.05) is 6.61 Å². The molecular formula is C11H23FO. The third kappa shape index (κ3) is 9.81. The summed E-state index contributed by atoms with van der Waals surface area (Å²) in [7, 11) is 0. The fraction of sp³-hybridized carbons (Fsp3) is 1.00. The van der Waals surface area contributed by atoms with E-state index in [0.717, 1.165) is 12.8 Å². The molecule has 0 N–H and O–H groups in total. The Balaban J connectivity index is 2.97. The van der Waals surface area contributed by atoms with Crippen molar-refractivity contribution in [2.24, 2.45) is 0 Å². The van der Waals surface area contributed by atoms with Gasteiger partial charge in [0.1, 0.15) is 0 Å². The first-order valence-electron chi connectivity index (χ1n) is 5.57. The summed E-state index contributed by atoms with van der Waals surface area (Å²) in [6.45, 7) is 4.75. The molecule has 0 bridgehead atoms. The topological polar surface area (TPSA) is 9.23 Å². The van der Waals surface area contributed by atoms with Gasteiger partial charge in [0, 0.05) is 6.42 Å². The SMILES string of the molecule is CCCCCCCOC(F)CCC. The lowest BCUT2D eigenvalue weighted by Gasteiger charge is -2.07. The van der Waals surface area contributed by atoms with Gasteiger partial charge in [-0.05, 0) is 6.42 Å². The van der Waals surface area contributed by atoms with Crippen LogP contribution in [0.5, 0.6) is 0 Å². The van der Waals surface area contributed by atoms with Crippen LogP contribution >= 0.6 is 0 Å². The lowest BCUT2D eigenvalue weighted by atomic mass is 10.2. The van der Waals surface area contributed by atoms with Crippen LogP contribution < -0.4 is 0 Å². The molecule has 0 aliphatic carbocycles. The van der Waals surface area contributed by atoms with Gasteiger partial charge in [-0.15, -0.1) is 0 Å². The number of hydrogen-bond donors (Lipinski definition) is 0. The molecule has 0 rings (SSSR count). The van der Waals surface area contributed by atoms with Gasteiger partial charge in [-0.25, -0.2) is 4.39 Å². The van der Waals surface area contributed by atoms with E-state index in [9.17, 15) is 4.39 Å². The standard InChI is InChI=1S/C11H23FO/c1-3-5-6-7-8-10-13-11(12)9-4-2/h11H,3-10H2,1-2H3. The highest BCUT2D eigenvalue weighted by atomic mass is 19.1. The smallest absolute Gasteiger partial charge is 0.198 e. The second-order valence-electron chi connectivity index (χ2n) is 3.48. The average molecular weight is 190 g/mol.